The number of nitrogens with zero attached hydrogens (tertiary/aromatic N) is 1. The molecule has 0 bridgehead atoms. The van der Waals surface area contributed by atoms with Crippen LogP contribution in [0.4, 0.5) is 0 Å². The van der Waals surface area contributed by atoms with Gasteiger partial charge in [0.15, 0.2) is 0 Å². The second-order valence-corrected chi connectivity index (χ2v) is 4.59. The Morgan fingerprint density at radius 2 is 2.40 bits per heavy atom. The van der Waals surface area contributed by atoms with Crippen LogP contribution in [0.1, 0.15) is 17.3 Å². The third kappa shape index (κ3) is 1.63. The van der Waals surface area contributed by atoms with E-state index >= 15 is 0 Å². The second kappa shape index (κ2) is 3.66. The maximum Gasteiger partial charge on any atom is 0.309 e. The van der Waals surface area contributed by atoms with Gasteiger partial charge in [-0.15, -0.1) is 11.3 Å². The summed E-state index contributed by atoms with van der Waals surface area (Å²) in [5.41, 5.74) is 0. The van der Waals surface area contributed by atoms with Crippen LogP contribution in [0, 0.1) is 5.92 Å². The van der Waals surface area contributed by atoms with Crippen molar-refractivity contribution in [3.63, 3.8) is 0 Å². The Balaban J connectivity index is 2.34. The van der Waals surface area contributed by atoms with Crippen molar-refractivity contribution in [2.75, 3.05) is 7.05 Å². The summed E-state index contributed by atoms with van der Waals surface area (Å²) in [5, 5.41) is 10.9. The second-order valence-electron chi connectivity index (χ2n) is 3.61. The molecule has 0 aliphatic carbocycles. The first-order valence-corrected chi connectivity index (χ1v) is 5.51. The molecule has 2 rings (SSSR count). The number of aliphatic carboxylic acids is 1. The number of hydrogen-bond acceptors (Lipinski definition) is 3. The van der Waals surface area contributed by atoms with Gasteiger partial charge in [0.25, 0.3) is 0 Å². The van der Waals surface area contributed by atoms with Crippen molar-refractivity contribution in [3.8, 4) is 0 Å². The highest BCUT2D eigenvalue weighted by atomic mass is 32.1. The number of carbonyl (C=O) groups is 2. The number of thiophene rings is 1. The van der Waals surface area contributed by atoms with Crippen LogP contribution in [0.2, 0.25) is 0 Å². The van der Waals surface area contributed by atoms with Gasteiger partial charge in [-0.2, -0.15) is 0 Å². The molecule has 1 N–H and O–H groups in total. The summed E-state index contributed by atoms with van der Waals surface area (Å²) in [6.07, 6.45) is 0.106. The zero-order valence-electron chi connectivity index (χ0n) is 8.21. The molecule has 2 atom stereocenters. The molecule has 0 saturated carbocycles. The lowest BCUT2D eigenvalue weighted by atomic mass is 9.99. The molecule has 4 nitrogen and oxygen atoms in total. The van der Waals surface area contributed by atoms with Crippen LogP contribution in [0.25, 0.3) is 0 Å². The monoisotopic (exact) mass is 225 g/mol. The number of carboxylic acid groups (broad SMARTS) is 1. The molecule has 80 valence electrons. The molecular weight excluding hydrogens is 214 g/mol. The minimum Gasteiger partial charge on any atom is -0.481 e. The van der Waals surface area contributed by atoms with E-state index in [-0.39, 0.29) is 18.4 Å². The number of likely N-dealkylation sites (tertiary alicyclic amines) is 1. The third-order valence-electron chi connectivity index (χ3n) is 2.74. The van der Waals surface area contributed by atoms with Crippen LogP contribution < -0.4 is 0 Å². The largest absolute Gasteiger partial charge is 0.481 e. The van der Waals surface area contributed by atoms with Crippen LogP contribution in [-0.4, -0.2) is 28.9 Å². The Hall–Kier alpha value is -1.36. The molecule has 5 heteroatoms. The fourth-order valence-corrected chi connectivity index (χ4v) is 2.87. The van der Waals surface area contributed by atoms with Crippen molar-refractivity contribution in [3.05, 3.63) is 22.4 Å². The van der Waals surface area contributed by atoms with Gasteiger partial charge in [0.05, 0.1) is 12.0 Å². The minimum absolute atomic E-state index is 0.0965. The smallest absolute Gasteiger partial charge is 0.309 e. The number of hydrogen-bond donors (Lipinski definition) is 1. The van der Waals surface area contributed by atoms with E-state index in [9.17, 15) is 9.59 Å². The molecule has 1 fully saturated rings. The van der Waals surface area contributed by atoms with Gasteiger partial charge in [-0.3, -0.25) is 9.59 Å². The van der Waals surface area contributed by atoms with Crippen LogP contribution in [0.5, 0.6) is 0 Å². The van der Waals surface area contributed by atoms with E-state index in [0.717, 1.165) is 4.88 Å². The van der Waals surface area contributed by atoms with Gasteiger partial charge in [0.1, 0.15) is 0 Å². The Bertz CT molecular complexity index is 387. The molecule has 1 aliphatic heterocycles. The van der Waals surface area contributed by atoms with E-state index in [4.69, 9.17) is 5.11 Å². The summed E-state index contributed by atoms with van der Waals surface area (Å²) in [5.74, 6) is -1.60. The summed E-state index contributed by atoms with van der Waals surface area (Å²) in [7, 11) is 1.66. The van der Waals surface area contributed by atoms with E-state index in [0.29, 0.717) is 0 Å². The van der Waals surface area contributed by atoms with Crippen molar-refractivity contribution >= 4 is 23.2 Å². The summed E-state index contributed by atoms with van der Waals surface area (Å²) in [6.45, 7) is 0. The lowest BCUT2D eigenvalue weighted by Crippen LogP contribution is -2.26. The van der Waals surface area contributed by atoms with E-state index in [1.807, 2.05) is 17.5 Å². The highest BCUT2D eigenvalue weighted by Gasteiger charge is 2.43. The molecule has 2 heterocycles. The summed E-state index contributed by atoms with van der Waals surface area (Å²) in [6, 6.07) is 3.45. The zero-order valence-corrected chi connectivity index (χ0v) is 9.03. The molecule has 0 spiro atoms. The van der Waals surface area contributed by atoms with Gasteiger partial charge < -0.3 is 10.0 Å². The van der Waals surface area contributed by atoms with Crippen LogP contribution in [0.3, 0.4) is 0 Å². The van der Waals surface area contributed by atoms with Crippen molar-refractivity contribution in [1.29, 1.82) is 0 Å². The van der Waals surface area contributed by atoms with Gasteiger partial charge >= 0.3 is 5.97 Å². The average Bonchev–Trinajstić information content (AvgIpc) is 2.76. The number of carbonyl (C=O) groups excluding carboxylic acids is 1. The van der Waals surface area contributed by atoms with E-state index in [1.165, 1.54) is 16.2 Å². The molecule has 1 amide bonds. The maximum atomic E-state index is 11.5. The SMILES string of the molecule is CN1C(=O)CC(C(=O)O)C1c1cccs1. The average molecular weight is 225 g/mol. The Kier molecular flexibility index (Phi) is 2.48. The third-order valence-corrected chi connectivity index (χ3v) is 3.68. The molecule has 0 aromatic carbocycles. The molecule has 2 unspecified atom stereocenters. The predicted octanol–water partition coefficient (Wildman–Crippen LogP) is 1.35. The van der Waals surface area contributed by atoms with Gasteiger partial charge in [-0.05, 0) is 11.4 Å². The molecule has 0 radical (unpaired) electrons. The Morgan fingerprint density at radius 3 is 2.93 bits per heavy atom. The first-order valence-electron chi connectivity index (χ1n) is 4.63. The van der Waals surface area contributed by atoms with E-state index < -0.39 is 11.9 Å². The Morgan fingerprint density at radius 1 is 1.67 bits per heavy atom. The molecular formula is C10H11NO3S. The fraction of sp³-hybridized carbons (Fsp3) is 0.400. The van der Waals surface area contributed by atoms with E-state index in [1.54, 1.807) is 7.05 Å². The summed E-state index contributed by atoms with van der Waals surface area (Å²) >= 11 is 1.49. The van der Waals surface area contributed by atoms with Crippen LogP contribution in [0.15, 0.2) is 17.5 Å². The lowest BCUT2D eigenvalue weighted by molar-refractivity contribution is -0.142. The zero-order chi connectivity index (χ0) is 11.0. The Labute approximate surface area is 91.1 Å². The topological polar surface area (TPSA) is 57.6 Å². The number of carboxylic acids is 1. The van der Waals surface area contributed by atoms with Crippen LogP contribution >= 0.6 is 11.3 Å². The highest BCUT2D eigenvalue weighted by molar-refractivity contribution is 7.10. The van der Waals surface area contributed by atoms with Gasteiger partial charge in [-0.1, -0.05) is 6.07 Å². The normalized spacial score (nSPS) is 25.9. The first-order chi connectivity index (χ1) is 7.11. The first kappa shape index (κ1) is 10.2. The quantitative estimate of drug-likeness (QED) is 0.826. The molecule has 1 aliphatic rings. The standard InChI is InChI=1S/C10H11NO3S/c1-11-8(12)5-6(10(13)14)9(11)7-3-2-4-15-7/h2-4,6,9H,5H2,1H3,(H,13,14). The summed E-state index contributed by atoms with van der Waals surface area (Å²) in [4.78, 5) is 25.0. The number of amides is 1. The predicted molar refractivity (Wildman–Crippen MR) is 55.6 cm³/mol. The van der Waals surface area contributed by atoms with Gasteiger partial charge in [0, 0.05) is 18.3 Å². The highest BCUT2D eigenvalue weighted by Crippen LogP contribution is 2.38. The molecule has 15 heavy (non-hydrogen) atoms. The van der Waals surface area contributed by atoms with Gasteiger partial charge in [-0.25, -0.2) is 0 Å². The fourth-order valence-electron chi connectivity index (χ4n) is 1.94. The summed E-state index contributed by atoms with van der Waals surface area (Å²) < 4.78 is 0. The van der Waals surface area contributed by atoms with Crippen molar-refractivity contribution in [1.82, 2.24) is 4.90 Å². The van der Waals surface area contributed by atoms with E-state index in [2.05, 4.69) is 0 Å². The maximum absolute atomic E-state index is 11.5. The van der Waals surface area contributed by atoms with Gasteiger partial charge in [0.2, 0.25) is 5.91 Å². The lowest BCUT2D eigenvalue weighted by Gasteiger charge is -2.21. The van der Waals surface area contributed by atoms with Crippen LogP contribution in [-0.2, 0) is 9.59 Å². The van der Waals surface area contributed by atoms with Crippen molar-refractivity contribution in [2.45, 2.75) is 12.5 Å². The molecule has 1 aromatic heterocycles. The minimum atomic E-state index is -0.897. The molecule has 1 saturated heterocycles. The van der Waals surface area contributed by atoms with Crippen molar-refractivity contribution < 1.29 is 14.7 Å². The molecule has 1 aromatic rings. The van der Waals surface area contributed by atoms with Crippen molar-refractivity contribution in [2.24, 2.45) is 5.92 Å². The number of rotatable bonds is 2.